The molecule has 0 aliphatic carbocycles. The van der Waals surface area contributed by atoms with E-state index in [2.05, 4.69) is 22.0 Å². The van der Waals surface area contributed by atoms with Crippen LogP contribution in [0.2, 0.25) is 5.02 Å². The largest absolute Gasteiger partial charge is 0.490 e. The van der Waals surface area contributed by atoms with Crippen molar-refractivity contribution in [1.29, 1.82) is 0 Å². The second-order valence-electron chi connectivity index (χ2n) is 7.43. The summed E-state index contributed by atoms with van der Waals surface area (Å²) in [4.78, 5) is 6.95. The Morgan fingerprint density at radius 1 is 0.938 bits per heavy atom. The summed E-state index contributed by atoms with van der Waals surface area (Å²) < 4.78 is 17.2. The molecule has 0 aromatic heterocycles. The molecule has 0 spiro atoms. The van der Waals surface area contributed by atoms with Crippen molar-refractivity contribution in [2.75, 3.05) is 37.8 Å². The maximum atomic E-state index is 5.98. The molecule has 0 radical (unpaired) electrons. The second kappa shape index (κ2) is 11.0. The van der Waals surface area contributed by atoms with E-state index in [0.717, 1.165) is 43.1 Å². The molecule has 1 aliphatic rings. The maximum absolute atomic E-state index is 5.98. The number of halogens is 1. The molecule has 0 atom stereocenters. The summed E-state index contributed by atoms with van der Waals surface area (Å²) in [5.41, 5.74) is 4.10. The average Bonchev–Trinajstić information content (AvgIpc) is 2.84. The van der Waals surface area contributed by atoms with Crippen LogP contribution < -0.4 is 14.4 Å². The molecule has 166 valence electrons. The fourth-order valence-corrected chi connectivity index (χ4v) is 3.58. The van der Waals surface area contributed by atoms with Gasteiger partial charge in [0.2, 0.25) is 0 Å². The van der Waals surface area contributed by atoms with Crippen molar-refractivity contribution in [3.8, 4) is 11.5 Å². The Labute approximate surface area is 194 Å². The fourth-order valence-electron chi connectivity index (χ4n) is 3.45. The zero-order chi connectivity index (χ0) is 22.2. The lowest BCUT2D eigenvalue weighted by molar-refractivity contribution is 0.122. The lowest BCUT2D eigenvalue weighted by Gasteiger charge is -2.28. The SMILES string of the molecule is CCOc1cc(C=Nc2ccc(N3CCOCC3)cc2)ccc1OCc1ccc(Cl)cc1. The number of ether oxygens (including phenoxy) is 3. The smallest absolute Gasteiger partial charge is 0.161 e. The van der Waals surface area contributed by atoms with Gasteiger partial charge in [0.1, 0.15) is 6.61 Å². The minimum atomic E-state index is 0.445. The van der Waals surface area contributed by atoms with Gasteiger partial charge in [0, 0.05) is 30.0 Å². The van der Waals surface area contributed by atoms with Crippen LogP contribution in [0.1, 0.15) is 18.1 Å². The summed E-state index contributed by atoms with van der Waals surface area (Å²) in [5, 5.41) is 0.711. The molecule has 0 bridgehead atoms. The Morgan fingerprint density at radius 2 is 1.69 bits per heavy atom. The monoisotopic (exact) mass is 450 g/mol. The van der Waals surface area contributed by atoms with E-state index in [9.17, 15) is 0 Å². The highest BCUT2D eigenvalue weighted by Gasteiger charge is 2.11. The second-order valence-corrected chi connectivity index (χ2v) is 7.86. The first-order valence-corrected chi connectivity index (χ1v) is 11.2. The number of nitrogens with zero attached hydrogens (tertiary/aromatic N) is 2. The summed E-state index contributed by atoms with van der Waals surface area (Å²) in [5.74, 6) is 1.40. The Hall–Kier alpha value is -3.02. The van der Waals surface area contributed by atoms with Gasteiger partial charge in [0.15, 0.2) is 11.5 Å². The van der Waals surface area contributed by atoms with E-state index in [1.165, 1.54) is 5.69 Å². The predicted molar refractivity (Wildman–Crippen MR) is 130 cm³/mol. The molecule has 0 N–H and O–H groups in total. The quantitative estimate of drug-likeness (QED) is 0.400. The van der Waals surface area contributed by atoms with Crippen LogP contribution in [-0.4, -0.2) is 39.1 Å². The van der Waals surface area contributed by atoms with Gasteiger partial charge in [0.25, 0.3) is 0 Å². The topological polar surface area (TPSA) is 43.3 Å². The van der Waals surface area contributed by atoms with Crippen molar-refractivity contribution < 1.29 is 14.2 Å². The Kier molecular flexibility index (Phi) is 7.64. The molecule has 1 fully saturated rings. The van der Waals surface area contributed by atoms with Gasteiger partial charge in [-0.2, -0.15) is 0 Å². The van der Waals surface area contributed by atoms with Crippen LogP contribution in [0.3, 0.4) is 0 Å². The highest BCUT2D eigenvalue weighted by Crippen LogP contribution is 2.29. The van der Waals surface area contributed by atoms with Crippen molar-refractivity contribution in [2.45, 2.75) is 13.5 Å². The van der Waals surface area contributed by atoms with E-state index < -0.39 is 0 Å². The molecule has 3 aromatic rings. The first-order valence-electron chi connectivity index (χ1n) is 10.8. The van der Waals surface area contributed by atoms with Crippen LogP contribution in [0, 0.1) is 0 Å². The first kappa shape index (κ1) is 22.2. The van der Waals surface area contributed by atoms with Crippen molar-refractivity contribution in [2.24, 2.45) is 4.99 Å². The molecule has 1 saturated heterocycles. The van der Waals surface area contributed by atoms with Gasteiger partial charge < -0.3 is 19.1 Å². The summed E-state index contributed by atoms with van der Waals surface area (Å²) >= 11 is 5.95. The molecule has 4 rings (SSSR count). The van der Waals surface area contributed by atoms with E-state index >= 15 is 0 Å². The van der Waals surface area contributed by atoms with Gasteiger partial charge in [-0.15, -0.1) is 0 Å². The number of benzene rings is 3. The minimum Gasteiger partial charge on any atom is -0.490 e. The number of hydrogen-bond acceptors (Lipinski definition) is 5. The van der Waals surface area contributed by atoms with E-state index in [0.29, 0.717) is 29.7 Å². The molecular weight excluding hydrogens is 424 g/mol. The standard InChI is InChI=1S/C26H27ClN2O3/c1-2-31-26-17-21(5-12-25(26)32-19-20-3-6-22(27)7-4-20)18-28-23-8-10-24(11-9-23)29-13-15-30-16-14-29/h3-12,17-18H,2,13-16,19H2,1H3. The normalized spacial score (nSPS) is 14.0. The summed E-state index contributed by atoms with van der Waals surface area (Å²) in [6, 6.07) is 21.8. The van der Waals surface area contributed by atoms with Crippen LogP contribution in [0.25, 0.3) is 0 Å². The van der Waals surface area contributed by atoms with E-state index in [-0.39, 0.29) is 0 Å². The third-order valence-corrected chi connectivity index (χ3v) is 5.42. The fraction of sp³-hybridized carbons (Fsp3) is 0.269. The molecule has 3 aromatic carbocycles. The van der Waals surface area contributed by atoms with Gasteiger partial charge in [-0.05, 0) is 72.6 Å². The third-order valence-electron chi connectivity index (χ3n) is 5.16. The van der Waals surface area contributed by atoms with Crippen molar-refractivity contribution in [3.63, 3.8) is 0 Å². The molecule has 0 unspecified atom stereocenters. The molecule has 32 heavy (non-hydrogen) atoms. The van der Waals surface area contributed by atoms with Crippen LogP contribution >= 0.6 is 11.6 Å². The third kappa shape index (κ3) is 6.02. The van der Waals surface area contributed by atoms with Crippen LogP contribution in [0.5, 0.6) is 11.5 Å². The first-order chi connectivity index (χ1) is 15.7. The van der Waals surface area contributed by atoms with Crippen LogP contribution in [0.15, 0.2) is 71.7 Å². The number of rotatable bonds is 8. The number of morpholine rings is 1. The molecule has 1 aliphatic heterocycles. The molecular formula is C26H27ClN2O3. The molecule has 5 nitrogen and oxygen atoms in total. The van der Waals surface area contributed by atoms with E-state index in [1.54, 1.807) is 0 Å². The van der Waals surface area contributed by atoms with Crippen LogP contribution in [-0.2, 0) is 11.3 Å². The van der Waals surface area contributed by atoms with Crippen molar-refractivity contribution >= 4 is 29.2 Å². The minimum absolute atomic E-state index is 0.445. The number of aliphatic imine (C=N–C) groups is 1. The summed E-state index contributed by atoms with van der Waals surface area (Å²) in [7, 11) is 0. The lowest BCUT2D eigenvalue weighted by atomic mass is 10.2. The highest BCUT2D eigenvalue weighted by molar-refractivity contribution is 6.30. The zero-order valence-corrected chi connectivity index (χ0v) is 18.9. The van der Waals surface area contributed by atoms with Gasteiger partial charge in [0.05, 0.1) is 25.5 Å². The Bertz CT molecular complexity index is 1030. The highest BCUT2D eigenvalue weighted by atomic mass is 35.5. The molecule has 0 amide bonds. The summed E-state index contributed by atoms with van der Waals surface area (Å²) in [6.45, 7) is 6.37. The average molecular weight is 451 g/mol. The molecule has 6 heteroatoms. The van der Waals surface area contributed by atoms with Crippen molar-refractivity contribution in [3.05, 3.63) is 82.9 Å². The number of hydrogen-bond donors (Lipinski definition) is 0. The van der Waals surface area contributed by atoms with Gasteiger partial charge in [-0.25, -0.2) is 0 Å². The Morgan fingerprint density at radius 3 is 2.41 bits per heavy atom. The molecule has 1 heterocycles. The van der Waals surface area contributed by atoms with Gasteiger partial charge in [-0.1, -0.05) is 23.7 Å². The molecule has 0 saturated carbocycles. The summed E-state index contributed by atoms with van der Waals surface area (Å²) in [6.07, 6.45) is 1.84. The van der Waals surface area contributed by atoms with E-state index in [4.69, 9.17) is 25.8 Å². The van der Waals surface area contributed by atoms with E-state index in [1.807, 2.05) is 67.7 Å². The maximum Gasteiger partial charge on any atom is 0.161 e. The van der Waals surface area contributed by atoms with Crippen LogP contribution in [0.4, 0.5) is 11.4 Å². The van der Waals surface area contributed by atoms with Gasteiger partial charge in [-0.3, -0.25) is 4.99 Å². The zero-order valence-electron chi connectivity index (χ0n) is 18.2. The van der Waals surface area contributed by atoms with Crippen molar-refractivity contribution in [1.82, 2.24) is 0 Å². The Balaban J connectivity index is 1.42. The predicted octanol–water partition coefficient (Wildman–Crippen LogP) is 5.90. The lowest BCUT2D eigenvalue weighted by Crippen LogP contribution is -2.36. The number of anilines is 1. The van der Waals surface area contributed by atoms with Gasteiger partial charge >= 0.3 is 0 Å².